The summed E-state index contributed by atoms with van der Waals surface area (Å²) in [6.07, 6.45) is 1.06. The summed E-state index contributed by atoms with van der Waals surface area (Å²) in [7, 11) is 0. The molecule has 1 aromatic rings. The van der Waals surface area contributed by atoms with E-state index in [1.54, 1.807) is 24.3 Å². The number of benzene rings is 1. The van der Waals surface area contributed by atoms with Crippen molar-refractivity contribution in [2.45, 2.75) is 0 Å². The summed E-state index contributed by atoms with van der Waals surface area (Å²) in [4.78, 5) is 9.47. The van der Waals surface area contributed by atoms with Crippen LogP contribution in [0.1, 0.15) is 5.56 Å². The maximum Gasteiger partial charge on any atom is 0.240 e. The van der Waals surface area contributed by atoms with Crippen LogP contribution in [0.3, 0.4) is 0 Å². The zero-order chi connectivity index (χ0) is 11.0. The Hall–Kier alpha value is -1.79. The Morgan fingerprint density at radius 3 is 2.36 bits per heavy atom. The van der Waals surface area contributed by atoms with E-state index in [9.17, 15) is 4.79 Å². The molecule has 3 nitrogen and oxygen atoms in total. The van der Waals surface area contributed by atoms with Crippen LogP contribution in [-0.4, -0.2) is 5.91 Å². The van der Waals surface area contributed by atoms with Crippen molar-refractivity contribution in [2.75, 3.05) is 0 Å². The lowest BCUT2D eigenvalue weighted by Gasteiger charge is -1.88. The molecular weight excluding hydrogens is 200 g/mol. The molecule has 0 unspecified atom stereocenters. The van der Waals surface area contributed by atoms with Crippen molar-refractivity contribution in [3.8, 4) is 6.07 Å². The predicted octanol–water partition coefficient (Wildman–Crippen LogP) is 1.87. The van der Waals surface area contributed by atoms with Gasteiger partial charge in [-0.1, -0.05) is 30.3 Å². The predicted molar refractivity (Wildman–Crippen MR) is 55.6 cm³/mol. The van der Waals surface area contributed by atoms with Crippen molar-refractivity contribution in [2.24, 2.45) is 5.73 Å². The van der Waals surface area contributed by atoms with Crippen molar-refractivity contribution in [1.82, 2.24) is 0 Å². The molecule has 1 aromatic carbocycles. The van der Waals surface area contributed by atoms with Gasteiger partial charge < -0.3 is 5.73 Å². The molecular formula is C10H9ClN2O. The van der Waals surface area contributed by atoms with Gasteiger partial charge in [0.15, 0.2) is 0 Å². The van der Waals surface area contributed by atoms with Crippen LogP contribution in [0.4, 0.5) is 0 Å². The zero-order valence-electron chi connectivity index (χ0n) is 7.40. The van der Waals surface area contributed by atoms with Crippen molar-refractivity contribution in [3.63, 3.8) is 0 Å². The normalized spacial score (nSPS) is 7.71. The molecule has 72 valence electrons. The van der Waals surface area contributed by atoms with Crippen LogP contribution < -0.4 is 5.73 Å². The molecule has 1 amide bonds. The van der Waals surface area contributed by atoms with Crippen molar-refractivity contribution < 1.29 is 4.79 Å². The Morgan fingerprint density at radius 1 is 1.57 bits per heavy atom. The fourth-order valence-corrected chi connectivity index (χ4v) is 0.730. The average Bonchev–Trinajstić information content (AvgIpc) is 2.19. The second kappa shape index (κ2) is 6.70. The van der Waals surface area contributed by atoms with E-state index >= 15 is 0 Å². The van der Waals surface area contributed by atoms with E-state index in [1.165, 1.54) is 0 Å². The number of nitriles is 1. The first-order chi connectivity index (χ1) is 6.61. The number of carbonyl (C=O) groups excluding carboxylic acids is 1. The molecule has 0 spiro atoms. The third kappa shape index (κ3) is 4.96. The molecule has 0 aliphatic rings. The average molecular weight is 209 g/mol. The maximum atomic E-state index is 9.47. The van der Waals surface area contributed by atoms with Gasteiger partial charge >= 0.3 is 0 Å². The summed E-state index contributed by atoms with van der Waals surface area (Å²) >= 11 is 5.60. The molecule has 0 aromatic heterocycles. The SMILES string of the molecule is C=CC(N)=O.N#Cc1ccccc1Cl. The molecule has 2 N–H and O–H groups in total. The molecule has 0 aliphatic heterocycles. The summed E-state index contributed by atoms with van der Waals surface area (Å²) in [6.45, 7) is 3.09. The Morgan fingerprint density at radius 2 is 2.07 bits per heavy atom. The van der Waals surface area contributed by atoms with E-state index in [0.29, 0.717) is 10.6 Å². The van der Waals surface area contributed by atoms with E-state index in [4.69, 9.17) is 16.9 Å². The van der Waals surface area contributed by atoms with Gasteiger partial charge in [-0.2, -0.15) is 5.26 Å². The zero-order valence-corrected chi connectivity index (χ0v) is 8.16. The number of hydrogen-bond donors (Lipinski definition) is 1. The smallest absolute Gasteiger partial charge is 0.240 e. The van der Waals surface area contributed by atoms with Gasteiger partial charge in [0, 0.05) is 0 Å². The molecule has 0 saturated heterocycles. The second-order valence-electron chi connectivity index (χ2n) is 2.20. The number of carbonyl (C=O) groups is 1. The first-order valence-corrected chi connectivity index (χ1v) is 4.06. The summed E-state index contributed by atoms with van der Waals surface area (Å²) in [5.41, 5.74) is 5.06. The Kier molecular flexibility index (Phi) is 5.84. The molecule has 0 heterocycles. The number of halogens is 1. The second-order valence-corrected chi connectivity index (χ2v) is 2.61. The third-order valence-corrected chi connectivity index (χ3v) is 1.53. The molecule has 0 radical (unpaired) electrons. The minimum absolute atomic E-state index is 0.481. The molecule has 0 fully saturated rings. The van der Waals surface area contributed by atoms with E-state index in [-0.39, 0.29) is 0 Å². The molecule has 0 atom stereocenters. The molecule has 0 saturated carbocycles. The summed E-state index contributed by atoms with van der Waals surface area (Å²) in [6, 6.07) is 8.92. The highest BCUT2D eigenvalue weighted by Gasteiger charge is 1.92. The maximum absolute atomic E-state index is 9.47. The highest BCUT2D eigenvalue weighted by Crippen LogP contribution is 2.12. The quantitative estimate of drug-likeness (QED) is 0.716. The van der Waals surface area contributed by atoms with Gasteiger partial charge in [-0.25, -0.2) is 0 Å². The van der Waals surface area contributed by atoms with Gasteiger partial charge in [0.2, 0.25) is 5.91 Å². The topological polar surface area (TPSA) is 66.9 Å². The standard InChI is InChI=1S/C7H4ClN.C3H5NO/c8-7-4-2-1-3-6(7)5-9;1-2-3(4)5/h1-4H;2H,1H2,(H2,4,5). The molecule has 0 bridgehead atoms. The van der Waals surface area contributed by atoms with E-state index in [1.807, 2.05) is 6.07 Å². The largest absolute Gasteiger partial charge is 0.366 e. The monoisotopic (exact) mass is 208 g/mol. The van der Waals surface area contributed by atoms with Crippen LogP contribution in [0.25, 0.3) is 0 Å². The number of rotatable bonds is 1. The minimum Gasteiger partial charge on any atom is -0.366 e. The van der Waals surface area contributed by atoms with Crippen LogP contribution in [0.15, 0.2) is 36.9 Å². The van der Waals surface area contributed by atoms with Crippen LogP contribution in [0.2, 0.25) is 5.02 Å². The van der Waals surface area contributed by atoms with Crippen LogP contribution >= 0.6 is 11.6 Å². The first kappa shape index (κ1) is 12.2. The molecule has 4 heteroatoms. The molecule has 14 heavy (non-hydrogen) atoms. The number of nitrogens with zero attached hydrogens (tertiary/aromatic N) is 1. The Labute approximate surface area is 87.4 Å². The van der Waals surface area contributed by atoms with Gasteiger partial charge in [0.05, 0.1) is 10.6 Å². The van der Waals surface area contributed by atoms with Crippen LogP contribution in [0, 0.1) is 11.3 Å². The van der Waals surface area contributed by atoms with Gasteiger partial charge in [0.1, 0.15) is 6.07 Å². The fraction of sp³-hybridized carbons (Fsp3) is 0. The van der Waals surface area contributed by atoms with Crippen LogP contribution in [0.5, 0.6) is 0 Å². The number of hydrogen-bond acceptors (Lipinski definition) is 2. The number of amides is 1. The van der Waals surface area contributed by atoms with Crippen molar-refractivity contribution >= 4 is 17.5 Å². The third-order valence-electron chi connectivity index (χ3n) is 1.20. The molecule has 1 rings (SSSR count). The number of nitrogens with two attached hydrogens (primary N) is 1. The van der Waals surface area contributed by atoms with Gasteiger partial charge in [0.25, 0.3) is 0 Å². The molecule has 0 aliphatic carbocycles. The van der Waals surface area contributed by atoms with Gasteiger partial charge in [-0.15, -0.1) is 0 Å². The van der Waals surface area contributed by atoms with E-state index in [2.05, 4.69) is 12.3 Å². The summed E-state index contributed by atoms with van der Waals surface area (Å²) < 4.78 is 0. The summed E-state index contributed by atoms with van der Waals surface area (Å²) in [5.74, 6) is -0.481. The highest BCUT2D eigenvalue weighted by atomic mass is 35.5. The lowest BCUT2D eigenvalue weighted by molar-refractivity contribution is -0.113. The lowest BCUT2D eigenvalue weighted by atomic mass is 10.2. The van der Waals surface area contributed by atoms with E-state index < -0.39 is 5.91 Å². The van der Waals surface area contributed by atoms with Gasteiger partial charge in [-0.3, -0.25) is 4.79 Å². The fourth-order valence-electron chi connectivity index (χ4n) is 0.552. The van der Waals surface area contributed by atoms with Crippen LogP contribution in [-0.2, 0) is 4.79 Å². The highest BCUT2D eigenvalue weighted by molar-refractivity contribution is 6.31. The number of primary amides is 1. The Balaban J connectivity index is 0.000000292. The van der Waals surface area contributed by atoms with Crippen molar-refractivity contribution in [3.05, 3.63) is 47.5 Å². The minimum atomic E-state index is -0.481. The van der Waals surface area contributed by atoms with E-state index in [0.717, 1.165) is 6.08 Å². The lowest BCUT2D eigenvalue weighted by Crippen LogP contribution is -2.04. The first-order valence-electron chi connectivity index (χ1n) is 3.68. The Bertz CT molecular complexity index is 369. The van der Waals surface area contributed by atoms with Gasteiger partial charge in [-0.05, 0) is 18.2 Å². The summed E-state index contributed by atoms with van der Waals surface area (Å²) in [5, 5.41) is 8.90. The van der Waals surface area contributed by atoms with Crippen molar-refractivity contribution in [1.29, 1.82) is 5.26 Å².